The lowest BCUT2D eigenvalue weighted by molar-refractivity contribution is -0.245. The summed E-state index contributed by atoms with van der Waals surface area (Å²) in [6, 6.07) is -1.24. The first-order valence-corrected chi connectivity index (χ1v) is 10.9. The van der Waals surface area contributed by atoms with Crippen LogP contribution in [-0.4, -0.2) is 72.4 Å². The molecule has 4 rings (SSSR count). The normalized spacial score (nSPS) is 32.2. The molecule has 0 spiro atoms. The predicted molar refractivity (Wildman–Crippen MR) is 97.2 cm³/mol. The first kappa shape index (κ1) is 21.2. The van der Waals surface area contributed by atoms with Gasteiger partial charge in [0.2, 0.25) is 5.95 Å². The molecule has 2 aliphatic heterocycles. The van der Waals surface area contributed by atoms with Gasteiger partial charge in [-0.3, -0.25) is 23.7 Å². The Hall–Kier alpha value is -2.04. The number of rotatable bonds is 5. The second-order valence-electron chi connectivity index (χ2n) is 6.51. The maximum atomic E-state index is 12.2. The van der Waals surface area contributed by atoms with Gasteiger partial charge in [-0.2, -0.15) is 4.98 Å². The number of aliphatic carboxylic acids is 1. The van der Waals surface area contributed by atoms with Crippen LogP contribution in [-0.2, 0) is 23.1 Å². The van der Waals surface area contributed by atoms with E-state index in [1.54, 1.807) is 0 Å². The van der Waals surface area contributed by atoms with Crippen molar-refractivity contribution in [1.82, 2.24) is 19.5 Å². The second-order valence-corrected chi connectivity index (χ2v) is 8.86. The molecule has 0 saturated carbocycles. The summed E-state index contributed by atoms with van der Waals surface area (Å²) >= 11 is 0.878. The number of anilines is 1. The number of carboxylic acids is 1. The molecule has 2 saturated heterocycles. The number of phosphoric acid groups is 1. The third-order valence-electron chi connectivity index (χ3n) is 4.46. The third-order valence-corrected chi connectivity index (χ3v) is 6.50. The number of H-pyrrole nitrogens is 1. The highest BCUT2D eigenvalue weighted by atomic mass is 32.2. The number of aromatic amines is 1. The predicted octanol–water partition coefficient (Wildman–Crippen LogP) is -2.65. The molecule has 4 heterocycles. The summed E-state index contributed by atoms with van der Waals surface area (Å²) in [6.07, 6.45) is -4.97. The molecule has 7 N–H and O–H groups in total. The number of phosphoric ester groups is 1. The smallest absolute Gasteiger partial charge is 0.321 e. The standard InChI is InChI=1S/C13H17N6O9PS/c14-3(11(22)23)2-30-13-16-5-8(17-12(15)18-9(5)21)19(13)10-6(20)7-4(27-10)1-26-29(24,25)28-7/h3-4,6-7,10,20H,1-2,14H2,(H,22,23)(H,24,25)(H3,15,17,18,21)/p-1/t3-,4+,6+,7+,10+/m0/s1. The molecule has 0 aliphatic carbocycles. The Morgan fingerprint density at radius 1 is 1.50 bits per heavy atom. The van der Waals surface area contributed by atoms with E-state index in [0.29, 0.717) is 0 Å². The molecule has 164 valence electrons. The molecule has 1 unspecified atom stereocenters. The minimum absolute atomic E-state index is 0.0548. The van der Waals surface area contributed by atoms with Gasteiger partial charge in [0.25, 0.3) is 13.4 Å². The molecule has 6 atom stereocenters. The highest BCUT2D eigenvalue weighted by Gasteiger charge is 2.51. The number of aliphatic hydroxyl groups excluding tert-OH is 1. The fraction of sp³-hybridized carbons (Fsp3) is 0.538. The van der Waals surface area contributed by atoms with Crippen molar-refractivity contribution in [3.8, 4) is 0 Å². The summed E-state index contributed by atoms with van der Waals surface area (Å²) in [7, 11) is -4.60. The molecule has 2 aliphatic rings. The van der Waals surface area contributed by atoms with E-state index in [9.17, 15) is 24.2 Å². The molecule has 0 aromatic carbocycles. The Labute approximate surface area is 170 Å². The molecule has 30 heavy (non-hydrogen) atoms. The lowest BCUT2D eigenvalue weighted by atomic mass is 10.1. The second kappa shape index (κ2) is 7.58. The van der Waals surface area contributed by atoms with E-state index in [1.165, 1.54) is 4.57 Å². The lowest BCUT2D eigenvalue weighted by Crippen LogP contribution is -2.41. The number of aromatic nitrogens is 4. The van der Waals surface area contributed by atoms with Gasteiger partial charge >= 0.3 is 5.97 Å². The molecule has 2 aromatic heterocycles. The van der Waals surface area contributed by atoms with Crippen LogP contribution in [0.2, 0.25) is 0 Å². The van der Waals surface area contributed by atoms with Crippen molar-refractivity contribution in [2.24, 2.45) is 5.73 Å². The van der Waals surface area contributed by atoms with Crippen LogP contribution in [0.1, 0.15) is 6.23 Å². The van der Waals surface area contributed by atoms with Gasteiger partial charge in [-0.1, -0.05) is 11.8 Å². The van der Waals surface area contributed by atoms with E-state index in [2.05, 4.69) is 19.5 Å². The molecule has 2 aromatic rings. The maximum Gasteiger partial charge on any atom is 0.321 e. The van der Waals surface area contributed by atoms with Crippen molar-refractivity contribution in [2.45, 2.75) is 35.7 Å². The Morgan fingerprint density at radius 3 is 2.93 bits per heavy atom. The Bertz CT molecular complexity index is 1110. The van der Waals surface area contributed by atoms with E-state index in [4.69, 9.17) is 25.8 Å². The number of imidazole rings is 1. The number of carboxylic acid groups (broad SMARTS) is 1. The van der Waals surface area contributed by atoms with Gasteiger partial charge in [-0.05, 0) is 0 Å². The highest BCUT2D eigenvalue weighted by Crippen LogP contribution is 2.50. The van der Waals surface area contributed by atoms with Gasteiger partial charge in [0, 0.05) is 5.75 Å². The molecule has 0 radical (unpaired) electrons. The average molecular weight is 463 g/mol. The van der Waals surface area contributed by atoms with Crippen LogP contribution in [0.3, 0.4) is 0 Å². The number of nitrogen functional groups attached to an aromatic ring is 1. The fourth-order valence-corrected chi connectivity index (χ4v) is 4.99. The fourth-order valence-electron chi connectivity index (χ4n) is 3.09. The number of hydrogen-bond donors (Lipinski definition) is 5. The summed E-state index contributed by atoms with van der Waals surface area (Å²) in [4.78, 5) is 45.3. The zero-order valence-corrected chi connectivity index (χ0v) is 16.6. The number of thioether (sulfide) groups is 1. The van der Waals surface area contributed by atoms with E-state index in [1.807, 2.05) is 0 Å². The van der Waals surface area contributed by atoms with Crippen LogP contribution in [0.4, 0.5) is 5.95 Å². The number of hydrogen-bond acceptors (Lipinski definition) is 13. The van der Waals surface area contributed by atoms with E-state index >= 15 is 0 Å². The molecule has 0 bridgehead atoms. The van der Waals surface area contributed by atoms with Crippen molar-refractivity contribution in [2.75, 3.05) is 18.1 Å². The lowest BCUT2D eigenvalue weighted by Gasteiger charge is -2.34. The summed E-state index contributed by atoms with van der Waals surface area (Å²) in [5, 5.41) is 19.7. The first-order valence-electron chi connectivity index (χ1n) is 8.44. The van der Waals surface area contributed by atoms with Gasteiger partial charge in [0.05, 0.1) is 6.61 Å². The van der Waals surface area contributed by atoms with Crippen molar-refractivity contribution in [3.05, 3.63) is 10.4 Å². The topological polar surface area (TPSA) is 241 Å². The zero-order chi connectivity index (χ0) is 21.8. The van der Waals surface area contributed by atoms with Crippen molar-refractivity contribution in [1.29, 1.82) is 0 Å². The summed E-state index contributed by atoms with van der Waals surface area (Å²) < 4.78 is 27.9. The van der Waals surface area contributed by atoms with E-state index in [0.717, 1.165) is 11.8 Å². The molecule has 0 amide bonds. The number of ether oxygens (including phenoxy) is 1. The highest BCUT2D eigenvalue weighted by molar-refractivity contribution is 7.99. The number of nitrogens with one attached hydrogen (secondary N) is 1. The Balaban J connectivity index is 1.76. The van der Waals surface area contributed by atoms with Gasteiger partial charge in [-0.15, -0.1) is 0 Å². The Morgan fingerprint density at radius 2 is 2.23 bits per heavy atom. The SMILES string of the molecule is Nc1nc2c(nc(SC[C@H](N)C(=O)O)n2[C@@H]2O[C@@H]3COP(=O)([O-])O[C@H]3[C@H]2O)c(=O)[nH]1. The van der Waals surface area contributed by atoms with E-state index in [-0.39, 0.29) is 34.6 Å². The number of carbonyl (C=O) groups is 1. The van der Waals surface area contributed by atoms with Crippen LogP contribution in [0.15, 0.2) is 9.95 Å². The van der Waals surface area contributed by atoms with Crippen LogP contribution >= 0.6 is 19.6 Å². The summed E-state index contributed by atoms with van der Waals surface area (Å²) in [5.74, 6) is -1.61. The van der Waals surface area contributed by atoms with Gasteiger partial charge in [-0.25, -0.2) is 4.98 Å². The van der Waals surface area contributed by atoms with Crippen molar-refractivity contribution in [3.63, 3.8) is 0 Å². The van der Waals surface area contributed by atoms with Gasteiger partial charge in [0.1, 0.15) is 24.4 Å². The molecule has 17 heteroatoms. The maximum absolute atomic E-state index is 12.2. The van der Waals surface area contributed by atoms with E-state index < -0.39 is 49.9 Å². The third kappa shape index (κ3) is 3.72. The molecule has 2 fully saturated rings. The molecular weight excluding hydrogens is 447 g/mol. The molecular formula is C13H16N6O9PS-. The average Bonchev–Trinajstić information content (AvgIpc) is 3.16. The van der Waals surface area contributed by atoms with Gasteiger partial charge < -0.3 is 40.4 Å². The Kier molecular flexibility index (Phi) is 5.36. The van der Waals surface area contributed by atoms with Crippen LogP contribution < -0.4 is 21.9 Å². The first-order chi connectivity index (χ1) is 14.1. The summed E-state index contributed by atoms with van der Waals surface area (Å²) in [5.41, 5.74) is 10.3. The minimum Gasteiger partial charge on any atom is -0.756 e. The minimum atomic E-state index is -4.60. The van der Waals surface area contributed by atoms with Crippen LogP contribution in [0.5, 0.6) is 0 Å². The number of nitrogens with two attached hydrogens (primary N) is 2. The monoisotopic (exact) mass is 463 g/mol. The zero-order valence-electron chi connectivity index (χ0n) is 14.9. The quantitative estimate of drug-likeness (QED) is 0.225. The number of fused-ring (bicyclic) bond motifs is 2. The molecule has 15 nitrogen and oxygen atoms in total. The van der Waals surface area contributed by atoms with Crippen LogP contribution in [0.25, 0.3) is 11.2 Å². The van der Waals surface area contributed by atoms with Crippen molar-refractivity contribution >= 4 is 42.7 Å². The van der Waals surface area contributed by atoms with Crippen molar-refractivity contribution < 1.29 is 38.3 Å². The van der Waals surface area contributed by atoms with Gasteiger partial charge in [0.15, 0.2) is 22.5 Å². The summed E-state index contributed by atoms with van der Waals surface area (Å²) in [6.45, 7) is -0.381. The largest absolute Gasteiger partial charge is 0.756 e. The number of nitrogens with zero attached hydrogens (tertiary/aromatic N) is 3. The van der Waals surface area contributed by atoms with Crippen LogP contribution in [0, 0.1) is 0 Å². The number of aliphatic hydroxyl groups is 1.